The zero-order valence-electron chi connectivity index (χ0n) is 12.6. The van der Waals surface area contributed by atoms with Crippen LogP contribution in [-0.2, 0) is 0 Å². The summed E-state index contributed by atoms with van der Waals surface area (Å²) in [6.07, 6.45) is 2.85. The highest BCUT2D eigenvalue weighted by Gasteiger charge is 2.25. The van der Waals surface area contributed by atoms with E-state index in [1.807, 2.05) is 0 Å². The minimum atomic E-state index is -0.229. The minimum Gasteiger partial charge on any atom is -0.508 e. The summed E-state index contributed by atoms with van der Waals surface area (Å²) in [5.41, 5.74) is 0.475. The van der Waals surface area contributed by atoms with Gasteiger partial charge in [0, 0.05) is 24.7 Å². The molecule has 0 saturated carbocycles. The van der Waals surface area contributed by atoms with Gasteiger partial charge in [-0.25, -0.2) is 0 Å². The second-order valence-corrected chi connectivity index (χ2v) is 5.57. The monoisotopic (exact) mass is 314 g/mol. The van der Waals surface area contributed by atoms with Crippen LogP contribution in [0, 0.1) is 0 Å². The van der Waals surface area contributed by atoms with Crippen LogP contribution in [0.3, 0.4) is 0 Å². The number of carbonyl (C=O) groups excluding carboxylic acids is 2. The van der Waals surface area contributed by atoms with Crippen LogP contribution in [0.15, 0.2) is 47.1 Å². The number of benzene rings is 1. The van der Waals surface area contributed by atoms with E-state index >= 15 is 0 Å². The second-order valence-electron chi connectivity index (χ2n) is 5.57. The molecule has 6 heteroatoms. The highest BCUT2D eigenvalue weighted by Crippen LogP contribution is 2.17. The topological polar surface area (TPSA) is 82.8 Å². The van der Waals surface area contributed by atoms with Crippen molar-refractivity contribution in [1.29, 1.82) is 0 Å². The van der Waals surface area contributed by atoms with Crippen LogP contribution in [0.4, 0.5) is 0 Å². The first-order chi connectivity index (χ1) is 11.1. The van der Waals surface area contributed by atoms with Crippen LogP contribution >= 0.6 is 0 Å². The van der Waals surface area contributed by atoms with Gasteiger partial charge in [0.1, 0.15) is 5.75 Å². The van der Waals surface area contributed by atoms with E-state index in [-0.39, 0.29) is 23.6 Å². The Morgan fingerprint density at radius 2 is 1.96 bits per heavy atom. The number of likely N-dealkylation sites (tertiary alicyclic amines) is 1. The number of phenols is 1. The number of hydrogen-bond donors (Lipinski definition) is 2. The molecule has 120 valence electrons. The molecule has 1 aliphatic rings. The summed E-state index contributed by atoms with van der Waals surface area (Å²) in [7, 11) is 0. The van der Waals surface area contributed by atoms with Gasteiger partial charge < -0.3 is 19.7 Å². The fourth-order valence-corrected chi connectivity index (χ4v) is 2.71. The molecule has 2 aromatic rings. The van der Waals surface area contributed by atoms with Gasteiger partial charge in [-0.05, 0) is 43.2 Å². The number of aromatic hydroxyl groups is 1. The molecule has 0 bridgehead atoms. The molecule has 2 amide bonds. The lowest BCUT2D eigenvalue weighted by Crippen LogP contribution is -2.46. The van der Waals surface area contributed by atoms with E-state index in [9.17, 15) is 14.7 Å². The smallest absolute Gasteiger partial charge is 0.287 e. The second kappa shape index (κ2) is 6.56. The van der Waals surface area contributed by atoms with E-state index in [2.05, 4.69) is 5.32 Å². The average Bonchev–Trinajstić information content (AvgIpc) is 3.09. The Kier molecular flexibility index (Phi) is 4.32. The maximum atomic E-state index is 12.4. The Labute approximate surface area is 133 Å². The molecule has 0 aliphatic carbocycles. The summed E-state index contributed by atoms with van der Waals surface area (Å²) in [6, 6.07) is 9.66. The predicted molar refractivity (Wildman–Crippen MR) is 83.2 cm³/mol. The standard InChI is InChI=1S/C17H18N2O4/c20-14-4-1-3-12(11-14)17(22)19-8-6-13(7-9-19)18-16(21)15-5-2-10-23-15/h1-5,10-11,13,20H,6-9H2,(H,18,21). The number of furan rings is 1. The summed E-state index contributed by atoms with van der Waals surface area (Å²) < 4.78 is 5.06. The van der Waals surface area contributed by atoms with Gasteiger partial charge in [-0.3, -0.25) is 9.59 Å². The summed E-state index contributed by atoms with van der Waals surface area (Å²) in [5.74, 6) is 0.0455. The van der Waals surface area contributed by atoms with Crippen LogP contribution in [0.1, 0.15) is 33.8 Å². The summed E-state index contributed by atoms with van der Waals surface area (Å²) in [4.78, 5) is 26.1. The number of nitrogens with one attached hydrogen (secondary N) is 1. The Balaban J connectivity index is 1.54. The van der Waals surface area contributed by atoms with Crippen LogP contribution in [0.25, 0.3) is 0 Å². The van der Waals surface area contributed by atoms with Gasteiger partial charge in [-0.15, -0.1) is 0 Å². The minimum absolute atomic E-state index is 0.0285. The van der Waals surface area contributed by atoms with Gasteiger partial charge in [0.15, 0.2) is 5.76 Å². The quantitative estimate of drug-likeness (QED) is 0.908. The maximum Gasteiger partial charge on any atom is 0.287 e. The fraction of sp³-hybridized carbons (Fsp3) is 0.294. The van der Waals surface area contributed by atoms with Crippen LogP contribution in [-0.4, -0.2) is 41.0 Å². The summed E-state index contributed by atoms with van der Waals surface area (Å²) >= 11 is 0. The number of nitrogens with zero attached hydrogens (tertiary/aromatic N) is 1. The van der Waals surface area contributed by atoms with Crippen molar-refractivity contribution in [2.24, 2.45) is 0 Å². The third kappa shape index (κ3) is 3.53. The number of amides is 2. The van der Waals surface area contributed by atoms with Crippen molar-refractivity contribution in [3.63, 3.8) is 0 Å². The summed E-state index contributed by atoms with van der Waals surface area (Å²) in [6.45, 7) is 1.13. The molecule has 6 nitrogen and oxygen atoms in total. The van der Waals surface area contributed by atoms with Crippen molar-refractivity contribution in [3.05, 3.63) is 54.0 Å². The number of piperidine rings is 1. The zero-order chi connectivity index (χ0) is 16.2. The molecule has 0 unspecified atom stereocenters. The molecule has 0 radical (unpaired) electrons. The van der Waals surface area contributed by atoms with Gasteiger partial charge in [-0.2, -0.15) is 0 Å². The third-order valence-corrected chi connectivity index (χ3v) is 3.96. The Morgan fingerprint density at radius 1 is 1.17 bits per heavy atom. The first-order valence-corrected chi connectivity index (χ1v) is 7.56. The fourth-order valence-electron chi connectivity index (χ4n) is 2.71. The van der Waals surface area contributed by atoms with E-state index in [4.69, 9.17) is 4.42 Å². The molecule has 1 aromatic heterocycles. The van der Waals surface area contributed by atoms with Gasteiger partial charge in [0.05, 0.1) is 6.26 Å². The molecule has 0 atom stereocenters. The molecular weight excluding hydrogens is 296 g/mol. The van der Waals surface area contributed by atoms with Gasteiger partial charge in [0.2, 0.25) is 0 Å². The highest BCUT2D eigenvalue weighted by atomic mass is 16.3. The van der Waals surface area contributed by atoms with E-state index in [0.29, 0.717) is 37.3 Å². The van der Waals surface area contributed by atoms with E-state index in [0.717, 1.165) is 0 Å². The molecule has 1 aromatic carbocycles. The summed E-state index contributed by atoms with van der Waals surface area (Å²) in [5, 5.41) is 12.4. The number of hydrogen-bond acceptors (Lipinski definition) is 4. The molecule has 1 saturated heterocycles. The number of phenolic OH excluding ortho intramolecular Hbond substituents is 1. The third-order valence-electron chi connectivity index (χ3n) is 3.96. The highest BCUT2D eigenvalue weighted by molar-refractivity contribution is 5.94. The SMILES string of the molecule is O=C(NC1CCN(C(=O)c2cccc(O)c2)CC1)c1ccco1. The Hall–Kier alpha value is -2.76. The first-order valence-electron chi connectivity index (χ1n) is 7.56. The zero-order valence-corrected chi connectivity index (χ0v) is 12.6. The lowest BCUT2D eigenvalue weighted by molar-refractivity contribution is 0.0695. The normalized spacial score (nSPS) is 15.4. The van der Waals surface area contributed by atoms with Crippen molar-refractivity contribution >= 4 is 11.8 Å². The van der Waals surface area contributed by atoms with Gasteiger partial charge >= 0.3 is 0 Å². The van der Waals surface area contributed by atoms with Crippen molar-refractivity contribution in [3.8, 4) is 5.75 Å². The van der Waals surface area contributed by atoms with Crippen molar-refractivity contribution in [1.82, 2.24) is 10.2 Å². The average molecular weight is 314 g/mol. The van der Waals surface area contributed by atoms with Gasteiger partial charge in [0.25, 0.3) is 11.8 Å². The molecule has 23 heavy (non-hydrogen) atoms. The number of carbonyl (C=O) groups is 2. The van der Waals surface area contributed by atoms with Crippen LogP contribution in [0.5, 0.6) is 5.75 Å². The molecule has 3 rings (SSSR count). The van der Waals surface area contributed by atoms with E-state index in [1.165, 1.54) is 18.4 Å². The Bertz CT molecular complexity index is 688. The molecule has 1 aliphatic heterocycles. The molecule has 0 spiro atoms. The first kappa shape index (κ1) is 15.1. The largest absolute Gasteiger partial charge is 0.508 e. The molecule has 2 N–H and O–H groups in total. The van der Waals surface area contributed by atoms with Crippen molar-refractivity contribution in [2.75, 3.05) is 13.1 Å². The molecular formula is C17H18N2O4. The maximum absolute atomic E-state index is 12.4. The van der Waals surface area contributed by atoms with Crippen LogP contribution < -0.4 is 5.32 Å². The number of rotatable bonds is 3. The lowest BCUT2D eigenvalue weighted by Gasteiger charge is -2.32. The van der Waals surface area contributed by atoms with E-state index in [1.54, 1.807) is 29.2 Å². The Morgan fingerprint density at radius 3 is 2.61 bits per heavy atom. The predicted octanol–water partition coefficient (Wildman–Crippen LogP) is 2.02. The van der Waals surface area contributed by atoms with Crippen molar-refractivity contribution < 1.29 is 19.1 Å². The molecule has 1 fully saturated rings. The van der Waals surface area contributed by atoms with E-state index < -0.39 is 0 Å². The molecule has 2 heterocycles. The lowest BCUT2D eigenvalue weighted by atomic mass is 10.0. The van der Waals surface area contributed by atoms with Crippen LogP contribution in [0.2, 0.25) is 0 Å². The van der Waals surface area contributed by atoms with Crippen molar-refractivity contribution in [2.45, 2.75) is 18.9 Å². The van der Waals surface area contributed by atoms with Gasteiger partial charge in [-0.1, -0.05) is 6.07 Å².